The highest BCUT2D eigenvalue weighted by Crippen LogP contribution is 2.61. The van der Waals surface area contributed by atoms with E-state index in [1.54, 1.807) is 24.3 Å². The summed E-state index contributed by atoms with van der Waals surface area (Å²) in [4.78, 5) is 25.0. The second-order valence-corrected chi connectivity index (χ2v) is 9.11. The van der Waals surface area contributed by atoms with Crippen LogP contribution in [0.2, 0.25) is 0 Å². The molecule has 1 atom stereocenters. The van der Waals surface area contributed by atoms with Crippen molar-refractivity contribution in [1.29, 1.82) is 0 Å². The summed E-state index contributed by atoms with van der Waals surface area (Å²) in [5.74, 6) is 2.12. The Morgan fingerprint density at radius 2 is 1.67 bits per heavy atom. The molecule has 0 unspecified atom stereocenters. The lowest BCUT2D eigenvalue weighted by Crippen LogP contribution is -2.50. The average Bonchev–Trinajstić information content (AvgIpc) is 2.60. The van der Waals surface area contributed by atoms with Gasteiger partial charge in [0, 0.05) is 12.8 Å². The SMILES string of the molecule is COC(=O)[C@@H](Cc1ccc(O)cc1)NC(=O)CC12CC3CC(CC(C3)C1)C2. The van der Waals surface area contributed by atoms with Crippen molar-refractivity contribution in [3.8, 4) is 5.75 Å². The molecule has 1 amide bonds. The molecule has 0 aromatic heterocycles. The molecule has 27 heavy (non-hydrogen) atoms. The van der Waals surface area contributed by atoms with Gasteiger partial charge in [-0.3, -0.25) is 4.79 Å². The molecule has 0 spiro atoms. The van der Waals surface area contributed by atoms with Crippen molar-refractivity contribution in [1.82, 2.24) is 5.32 Å². The van der Waals surface area contributed by atoms with E-state index < -0.39 is 12.0 Å². The number of hydrogen-bond acceptors (Lipinski definition) is 4. The number of nitrogens with one attached hydrogen (secondary N) is 1. The summed E-state index contributed by atoms with van der Waals surface area (Å²) in [6.45, 7) is 0. The van der Waals surface area contributed by atoms with Crippen molar-refractivity contribution >= 4 is 11.9 Å². The fourth-order valence-electron chi connectivity index (χ4n) is 6.30. The van der Waals surface area contributed by atoms with Gasteiger partial charge in [0.2, 0.25) is 5.91 Å². The van der Waals surface area contributed by atoms with E-state index in [-0.39, 0.29) is 17.1 Å². The van der Waals surface area contributed by atoms with Gasteiger partial charge in [0.1, 0.15) is 11.8 Å². The third kappa shape index (κ3) is 3.97. The molecular weight excluding hydrogens is 342 g/mol. The molecule has 5 heteroatoms. The second kappa shape index (κ2) is 7.17. The van der Waals surface area contributed by atoms with Crippen molar-refractivity contribution in [2.75, 3.05) is 7.11 Å². The molecule has 0 aliphatic heterocycles. The van der Waals surface area contributed by atoms with Crippen molar-refractivity contribution in [3.05, 3.63) is 29.8 Å². The minimum Gasteiger partial charge on any atom is -0.508 e. The Bertz CT molecular complexity index is 676. The maximum absolute atomic E-state index is 12.8. The number of methoxy groups -OCH3 is 1. The van der Waals surface area contributed by atoms with Crippen LogP contribution in [0.15, 0.2) is 24.3 Å². The van der Waals surface area contributed by atoms with E-state index in [1.807, 2.05) is 0 Å². The first-order chi connectivity index (χ1) is 12.9. The van der Waals surface area contributed by atoms with E-state index in [1.165, 1.54) is 45.6 Å². The van der Waals surface area contributed by atoms with Gasteiger partial charge in [-0.1, -0.05) is 12.1 Å². The third-order valence-corrected chi connectivity index (χ3v) is 6.90. The molecule has 4 fully saturated rings. The molecule has 4 aliphatic rings. The highest BCUT2D eigenvalue weighted by atomic mass is 16.5. The number of benzene rings is 1. The van der Waals surface area contributed by atoms with Gasteiger partial charge in [-0.2, -0.15) is 0 Å². The van der Waals surface area contributed by atoms with E-state index >= 15 is 0 Å². The quantitative estimate of drug-likeness (QED) is 0.753. The van der Waals surface area contributed by atoms with Gasteiger partial charge in [0.15, 0.2) is 0 Å². The summed E-state index contributed by atoms with van der Waals surface area (Å²) in [5, 5.41) is 12.3. The third-order valence-electron chi connectivity index (χ3n) is 6.90. The van der Waals surface area contributed by atoms with E-state index in [0.29, 0.717) is 12.8 Å². The Kier molecular flexibility index (Phi) is 4.87. The van der Waals surface area contributed by atoms with Gasteiger partial charge in [0.25, 0.3) is 0 Å². The minimum atomic E-state index is -0.694. The zero-order valence-electron chi connectivity index (χ0n) is 15.9. The number of aromatic hydroxyl groups is 1. The molecule has 5 rings (SSSR count). The summed E-state index contributed by atoms with van der Waals surface area (Å²) in [6.07, 6.45) is 8.47. The lowest BCUT2D eigenvalue weighted by molar-refractivity contribution is -0.146. The summed E-state index contributed by atoms with van der Waals surface area (Å²) in [5.41, 5.74) is 1.02. The largest absolute Gasteiger partial charge is 0.508 e. The number of rotatable bonds is 6. The van der Waals surface area contributed by atoms with Crippen LogP contribution in [0.3, 0.4) is 0 Å². The normalized spacial score (nSPS) is 32.1. The van der Waals surface area contributed by atoms with Crippen LogP contribution in [0, 0.1) is 23.2 Å². The van der Waals surface area contributed by atoms with Crippen LogP contribution in [0.1, 0.15) is 50.5 Å². The van der Waals surface area contributed by atoms with Crippen LogP contribution in [0.4, 0.5) is 0 Å². The predicted molar refractivity (Wildman–Crippen MR) is 101 cm³/mol. The van der Waals surface area contributed by atoms with Crippen LogP contribution in [0.25, 0.3) is 0 Å². The Morgan fingerprint density at radius 1 is 1.11 bits per heavy atom. The molecule has 0 saturated heterocycles. The van der Waals surface area contributed by atoms with Crippen molar-refractivity contribution in [2.45, 2.75) is 57.4 Å². The molecule has 0 radical (unpaired) electrons. The maximum Gasteiger partial charge on any atom is 0.328 e. The highest BCUT2D eigenvalue weighted by molar-refractivity contribution is 5.85. The van der Waals surface area contributed by atoms with Gasteiger partial charge >= 0.3 is 5.97 Å². The summed E-state index contributed by atoms with van der Waals surface area (Å²) in [7, 11) is 1.34. The number of carbonyl (C=O) groups excluding carboxylic acids is 2. The van der Waals surface area contributed by atoms with Crippen LogP contribution in [-0.2, 0) is 20.7 Å². The fraction of sp³-hybridized carbons (Fsp3) is 0.636. The molecule has 2 N–H and O–H groups in total. The Labute approximate surface area is 160 Å². The lowest BCUT2D eigenvalue weighted by atomic mass is 9.49. The topological polar surface area (TPSA) is 75.6 Å². The van der Waals surface area contributed by atoms with Crippen molar-refractivity contribution in [2.24, 2.45) is 23.2 Å². The number of phenols is 1. The molecular formula is C22H29NO4. The van der Waals surface area contributed by atoms with Crippen LogP contribution in [0.5, 0.6) is 5.75 Å². The zero-order valence-corrected chi connectivity index (χ0v) is 15.9. The van der Waals surface area contributed by atoms with E-state index in [4.69, 9.17) is 4.74 Å². The minimum absolute atomic E-state index is 0.0360. The number of esters is 1. The van der Waals surface area contributed by atoms with Gasteiger partial charge in [0.05, 0.1) is 7.11 Å². The Morgan fingerprint density at radius 3 is 2.19 bits per heavy atom. The molecule has 4 bridgehead atoms. The molecule has 146 valence electrons. The molecule has 1 aromatic rings. The average molecular weight is 371 g/mol. The summed E-state index contributed by atoms with van der Waals surface area (Å²) >= 11 is 0. The Balaban J connectivity index is 1.41. The number of amides is 1. The molecule has 5 nitrogen and oxygen atoms in total. The maximum atomic E-state index is 12.8. The van der Waals surface area contributed by atoms with E-state index in [9.17, 15) is 14.7 Å². The fourth-order valence-corrected chi connectivity index (χ4v) is 6.30. The first-order valence-corrected chi connectivity index (χ1v) is 10.1. The summed E-state index contributed by atoms with van der Waals surface area (Å²) < 4.78 is 4.90. The van der Waals surface area contributed by atoms with E-state index in [2.05, 4.69) is 5.32 Å². The van der Waals surface area contributed by atoms with Gasteiger partial charge < -0.3 is 15.2 Å². The van der Waals surface area contributed by atoms with Crippen molar-refractivity contribution in [3.63, 3.8) is 0 Å². The van der Waals surface area contributed by atoms with Crippen LogP contribution in [-0.4, -0.2) is 30.1 Å². The molecule has 4 aliphatic carbocycles. The Hall–Kier alpha value is -2.04. The number of phenolic OH excluding ortho intramolecular Hbond substituents is 1. The van der Waals surface area contributed by atoms with Gasteiger partial charge in [-0.25, -0.2) is 4.79 Å². The standard InChI is InChI=1S/C22H29NO4/c1-27-21(26)19(9-14-2-4-18(24)5-3-14)23-20(25)13-22-10-15-6-16(11-22)8-17(7-15)12-22/h2-5,15-17,19,24H,6-13H2,1H3,(H,23,25)/t15?,16?,17?,19-,22?/m1/s1. The molecule has 1 aromatic carbocycles. The van der Waals surface area contributed by atoms with Gasteiger partial charge in [-0.05, 0) is 79.4 Å². The highest BCUT2D eigenvalue weighted by Gasteiger charge is 2.51. The van der Waals surface area contributed by atoms with Crippen LogP contribution >= 0.6 is 0 Å². The van der Waals surface area contributed by atoms with Crippen LogP contribution < -0.4 is 5.32 Å². The summed E-state index contributed by atoms with van der Waals surface area (Å²) in [6, 6.07) is 6.00. The smallest absolute Gasteiger partial charge is 0.328 e. The lowest BCUT2D eigenvalue weighted by Gasteiger charge is -2.56. The first kappa shape index (κ1) is 18.3. The number of ether oxygens (including phenoxy) is 1. The first-order valence-electron chi connectivity index (χ1n) is 10.1. The molecule has 4 saturated carbocycles. The molecule has 0 heterocycles. The zero-order chi connectivity index (χ0) is 19.0. The van der Waals surface area contributed by atoms with Crippen molar-refractivity contribution < 1.29 is 19.4 Å². The van der Waals surface area contributed by atoms with E-state index in [0.717, 1.165) is 23.3 Å². The second-order valence-electron chi connectivity index (χ2n) is 9.11. The monoisotopic (exact) mass is 371 g/mol. The number of carbonyl (C=O) groups is 2. The van der Waals surface area contributed by atoms with Gasteiger partial charge in [-0.15, -0.1) is 0 Å². The number of hydrogen-bond donors (Lipinski definition) is 2. The predicted octanol–water partition coefficient (Wildman–Crippen LogP) is 3.20.